The van der Waals surface area contributed by atoms with E-state index in [1.165, 1.54) is 6.07 Å². The van der Waals surface area contributed by atoms with Crippen molar-refractivity contribution in [3.63, 3.8) is 0 Å². The van der Waals surface area contributed by atoms with E-state index in [0.717, 1.165) is 0 Å². The smallest absolute Gasteiger partial charge is 0.326 e. The van der Waals surface area contributed by atoms with Crippen LogP contribution in [0.3, 0.4) is 0 Å². The number of nitrogens with zero attached hydrogens (tertiary/aromatic N) is 1. The maximum absolute atomic E-state index is 11.6. The molecule has 1 aromatic heterocycles. The summed E-state index contributed by atoms with van der Waals surface area (Å²) in [7, 11) is 0. The third-order valence-electron chi connectivity index (χ3n) is 2.38. The van der Waals surface area contributed by atoms with Gasteiger partial charge in [-0.3, -0.25) is 4.79 Å². The Balaban J connectivity index is 2.52. The molecule has 0 aliphatic heterocycles. The number of carbonyl (C=O) groups excluding carboxylic acids is 1. The summed E-state index contributed by atoms with van der Waals surface area (Å²) < 4.78 is 9.84. The van der Waals surface area contributed by atoms with Gasteiger partial charge < -0.3 is 19.7 Å². The highest BCUT2D eigenvalue weighted by Crippen LogP contribution is 2.19. The molecule has 1 aromatic rings. The van der Waals surface area contributed by atoms with Crippen LogP contribution in [-0.4, -0.2) is 34.8 Å². The first-order chi connectivity index (χ1) is 8.70. The van der Waals surface area contributed by atoms with E-state index in [9.17, 15) is 9.59 Å². The molecule has 0 fully saturated rings. The highest BCUT2D eigenvalue weighted by molar-refractivity contribution is 5.84. The summed E-state index contributed by atoms with van der Waals surface area (Å²) in [6.07, 6.45) is 0. The summed E-state index contributed by atoms with van der Waals surface area (Å²) in [5.41, 5.74) is -0.591. The molecule has 0 radical (unpaired) electrons. The molecule has 7 heteroatoms. The molecule has 0 aliphatic rings. The maximum Gasteiger partial charge on any atom is 0.326 e. The fraction of sp³-hybridized carbons (Fsp3) is 0.583. The highest BCUT2D eigenvalue weighted by Gasteiger charge is 2.32. The standard InChI is InChI=1S/C12H18N2O5/c1-7-5-9(14-19-7)18-6-8(15)13-10(11(16)17)12(2,3)4/h5,10H,6H2,1-4H3,(H,13,15)(H,16,17)/t10-/m1/s1. The number of hydrogen-bond donors (Lipinski definition) is 2. The van der Waals surface area contributed by atoms with Crippen LogP contribution in [0.5, 0.6) is 5.88 Å². The van der Waals surface area contributed by atoms with Crippen LogP contribution in [-0.2, 0) is 9.59 Å². The van der Waals surface area contributed by atoms with E-state index in [0.29, 0.717) is 5.76 Å². The zero-order valence-corrected chi connectivity index (χ0v) is 11.4. The minimum atomic E-state index is -1.09. The molecule has 19 heavy (non-hydrogen) atoms. The Hall–Kier alpha value is -2.05. The fourth-order valence-corrected chi connectivity index (χ4v) is 1.40. The monoisotopic (exact) mass is 270 g/mol. The molecule has 1 amide bonds. The van der Waals surface area contributed by atoms with Crippen molar-refractivity contribution in [1.82, 2.24) is 10.5 Å². The van der Waals surface area contributed by atoms with Gasteiger partial charge in [0.05, 0.1) is 0 Å². The number of carbonyl (C=O) groups is 2. The summed E-state index contributed by atoms with van der Waals surface area (Å²) in [6, 6.07) is 0.550. The first-order valence-electron chi connectivity index (χ1n) is 5.78. The minimum absolute atomic E-state index is 0.190. The summed E-state index contributed by atoms with van der Waals surface area (Å²) in [5.74, 6) is -0.857. The van der Waals surface area contributed by atoms with E-state index in [2.05, 4.69) is 10.5 Å². The van der Waals surface area contributed by atoms with Crippen LogP contribution in [0.2, 0.25) is 0 Å². The van der Waals surface area contributed by atoms with Gasteiger partial charge >= 0.3 is 5.97 Å². The number of rotatable bonds is 5. The van der Waals surface area contributed by atoms with E-state index >= 15 is 0 Å². The van der Waals surface area contributed by atoms with Gasteiger partial charge in [-0.15, -0.1) is 0 Å². The lowest BCUT2D eigenvalue weighted by atomic mass is 9.87. The van der Waals surface area contributed by atoms with Crippen molar-refractivity contribution in [3.8, 4) is 5.88 Å². The van der Waals surface area contributed by atoms with Gasteiger partial charge in [-0.2, -0.15) is 0 Å². The Morgan fingerprint density at radius 2 is 2.16 bits per heavy atom. The summed E-state index contributed by atoms with van der Waals surface area (Å²) in [5, 5.41) is 15.0. The molecule has 106 valence electrons. The lowest BCUT2D eigenvalue weighted by molar-refractivity contribution is -0.145. The molecule has 1 atom stereocenters. The molecule has 0 aliphatic carbocycles. The molecule has 1 rings (SSSR count). The van der Waals surface area contributed by atoms with Gasteiger partial charge in [-0.1, -0.05) is 20.8 Å². The van der Waals surface area contributed by atoms with Gasteiger partial charge in [0, 0.05) is 6.07 Å². The number of aryl methyl sites for hydroxylation is 1. The van der Waals surface area contributed by atoms with Crippen molar-refractivity contribution < 1.29 is 24.0 Å². The third-order valence-corrected chi connectivity index (χ3v) is 2.38. The predicted molar refractivity (Wildman–Crippen MR) is 65.8 cm³/mol. The quantitative estimate of drug-likeness (QED) is 0.826. The van der Waals surface area contributed by atoms with E-state index in [1.54, 1.807) is 27.7 Å². The number of nitrogens with one attached hydrogen (secondary N) is 1. The summed E-state index contributed by atoms with van der Waals surface area (Å²) in [6.45, 7) is 6.57. The topological polar surface area (TPSA) is 102 Å². The van der Waals surface area contributed by atoms with Crippen molar-refractivity contribution in [2.24, 2.45) is 5.41 Å². The number of carboxylic acid groups (broad SMARTS) is 1. The van der Waals surface area contributed by atoms with E-state index in [4.69, 9.17) is 14.4 Å². The Morgan fingerprint density at radius 3 is 2.58 bits per heavy atom. The SMILES string of the molecule is Cc1cc(OCC(=O)N[C@H](C(=O)O)C(C)(C)C)no1. The first-order valence-corrected chi connectivity index (χ1v) is 5.78. The second kappa shape index (κ2) is 5.73. The molecule has 0 unspecified atom stereocenters. The first kappa shape index (κ1) is 15.0. The summed E-state index contributed by atoms with van der Waals surface area (Å²) in [4.78, 5) is 22.7. The highest BCUT2D eigenvalue weighted by atomic mass is 16.5. The molecule has 0 aromatic carbocycles. The number of carboxylic acids is 1. The molecule has 7 nitrogen and oxygen atoms in total. The van der Waals surface area contributed by atoms with Crippen LogP contribution in [0, 0.1) is 12.3 Å². The molecule has 0 bridgehead atoms. The van der Waals surface area contributed by atoms with Gasteiger partial charge in [0.2, 0.25) is 0 Å². The van der Waals surface area contributed by atoms with Crippen molar-refractivity contribution in [2.45, 2.75) is 33.7 Å². The number of hydrogen-bond acceptors (Lipinski definition) is 5. The third kappa shape index (κ3) is 4.61. The van der Waals surface area contributed by atoms with Gasteiger partial charge in [0.25, 0.3) is 11.8 Å². The van der Waals surface area contributed by atoms with Gasteiger partial charge in [-0.05, 0) is 17.5 Å². The van der Waals surface area contributed by atoms with Crippen LogP contribution in [0.4, 0.5) is 0 Å². The lowest BCUT2D eigenvalue weighted by Gasteiger charge is -2.27. The number of ether oxygens (including phenoxy) is 1. The van der Waals surface area contributed by atoms with Gasteiger partial charge in [-0.25, -0.2) is 4.79 Å². The fourth-order valence-electron chi connectivity index (χ4n) is 1.40. The number of aliphatic carboxylic acids is 1. The van der Waals surface area contributed by atoms with Crippen molar-refractivity contribution >= 4 is 11.9 Å². The summed E-state index contributed by atoms with van der Waals surface area (Å²) >= 11 is 0. The Labute approximate surface area is 110 Å². The largest absolute Gasteiger partial charge is 0.480 e. The Morgan fingerprint density at radius 1 is 1.53 bits per heavy atom. The predicted octanol–water partition coefficient (Wildman–Crippen LogP) is 0.977. The van der Waals surface area contributed by atoms with Crippen molar-refractivity contribution in [1.29, 1.82) is 0 Å². The lowest BCUT2D eigenvalue weighted by Crippen LogP contribution is -2.50. The van der Waals surface area contributed by atoms with Crippen LogP contribution in [0.1, 0.15) is 26.5 Å². The molecule has 1 heterocycles. The van der Waals surface area contributed by atoms with Crippen molar-refractivity contribution in [2.75, 3.05) is 6.61 Å². The molecule has 0 saturated carbocycles. The Kier molecular flexibility index (Phi) is 4.52. The molecular weight excluding hydrogens is 252 g/mol. The van der Waals surface area contributed by atoms with Crippen molar-refractivity contribution in [3.05, 3.63) is 11.8 Å². The van der Waals surface area contributed by atoms with Crippen LogP contribution >= 0.6 is 0 Å². The second-order valence-corrected chi connectivity index (χ2v) is 5.27. The van der Waals surface area contributed by atoms with Crippen LogP contribution in [0.25, 0.3) is 0 Å². The molecule has 0 spiro atoms. The van der Waals surface area contributed by atoms with Crippen LogP contribution < -0.4 is 10.1 Å². The molecular formula is C12H18N2O5. The van der Waals surface area contributed by atoms with Gasteiger partial charge in [0.1, 0.15) is 11.8 Å². The number of aromatic nitrogens is 1. The van der Waals surface area contributed by atoms with E-state index < -0.39 is 23.3 Å². The number of amides is 1. The second-order valence-electron chi connectivity index (χ2n) is 5.27. The average molecular weight is 270 g/mol. The zero-order valence-electron chi connectivity index (χ0n) is 11.4. The zero-order chi connectivity index (χ0) is 14.6. The van der Waals surface area contributed by atoms with E-state index in [-0.39, 0.29) is 12.5 Å². The van der Waals surface area contributed by atoms with Crippen LogP contribution in [0.15, 0.2) is 10.6 Å². The normalized spacial score (nSPS) is 12.8. The molecule has 2 N–H and O–H groups in total. The molecule has 0 saturated heterocycles. The van der Waals surface area contributed by atoms with E-state index in [1.807, 2.05) is 0 Å². The Bertz CT molecular complexity index is 461. The minimum Gasteiger partial charge on any atom is -0.480 e. The maximum atomic E-state index is 11.6. The van der Waals surface area contributed by atoms with Gasteiger partial charge in [0.15, 0.2) is 6.61 Å². The average Bonchev–Trinajstić information content (AvgIpc) is 2.67.